The Kier molecular flexibility index (Phi) is 4.24. The van der Waals surface area contributed by atoms with Crippen LogP contribution in [0.1, 0.15) is 21.6 Å². The van der Waals surface area contributed by atoms with Crippen molar-refractivity contribution in [1.29, 1.82) is 0 Å². The van der Waals surface area contributed by atoms with Gasteiger partial charge in [0.2, 0.25) is 0 Å². The quantitative estimate of drug-likeness (QED) is 0.720. The van der Waals surface area contributed by atoms with E-state index in [0.717, 1.165) is 23.2 Å². The van der Waals surface area contributed by atoms with E-state index in [1.165, 1.54) is 17.9 Å². The lowest BCUT2D eigenvalue weighted by Crippen LogP contribution is -2.33. The fourth-order valence-electron chi connectivity index (χ4n) is 3.29. The van der Waals surface area contributed by atoms with Gasteiger partial charge in [-0.05, 0) is 37.1 Å². The molecule has 4 rings (SSSR count). The van der Waals surface area contributed by atoms with Gasteiger partial charge in [0.25, 0.3) is 11.5 Å². The van der Waals surface area contributed by atoms with Gasteiger partial charge in [-0.3, -0.25) is 9.59 Å². The molecule has 2 heterocycles. The second kappa shape index (κ2) is 6.72. The molecule has 27 heavy (non-hydrogen) atoms. The SMILES string of the molecule is COc1cc(=O)n(-c2ccc(C)cc2)nc1C(=O)N1CCc2ccccc21. The van der Waals surface area contributed by atoms with Crippen LogP contribution in [0.5, 0.6) is 5.75 Å². The van der Waals surface area contributed by atoms with E-state index >= 15 is 0 Å². The number of anilines is 1. The highest BCUT2D eigenvalue weighted by molar-refractivity contribution is 6.07. The number of methoxy groups -OCH3 is 1. The summed E-state index contributed by atoms with van der Waals surface area (Å²) in [6.45, 7) is 2.54. The van der Waals surface area contributed by atoms with Gasteiger partial charge in [-0.25, -0.2) is 0 Å². The number of benzene rings is 2. The zero-order chi connectivity index (χ0) is 19.0. The molecule has 6 nitrogen and oxygen atoms in total. The minimum Gasteiger partial charge on any atom is -0.494 e. The molecule has 3 aromatic rings. The smallest absolute Gasteiger partial charge is 0.282 e. The van der Waals surface area contributed by atoms with Gasteiger partial charge in [-0.15, -0.1) is 0 Å². The predicted molar refractivity (Wildman–Crippen MR) is 103 cm³/mol. The van der Waals surface area contributed by atoms with Crippen LogP contribution >= 0.6 is 0 Å². The van der Waals surface area contributed by atoms with E-state index in [9.17, 15) is 9.59 Å². The van der Waals surface area contributed by atoms with Crippen molar-refractivity contribution in [2.75, 3.05) is 18.6 Å². The van der Waals surface area contributed by atoms with Gasteiger partial charge < -0.3 is 9.64 Å². The molecule has 0 bridgehead atoms. The van der Waals surface area contributed by atoms with Crippen LogP contribution in [0.4, 0.5) is 5.69 Å². The maximum atomic E-state index is 13.2. The van der Waals surface area contributed by atoms with Crippen molar-refractivity contribution in [3.8, 4) is 11.4 Å². The molecular weight excluding hydrogens is 342 g/mol. The molecule has 1 amide bonds. The van der Waals surface area contributed by atoms with Crippen LogP contribution in [0.3, 0.4) is 0 Å². The molecule has 0 N–H and O–H groups in total. The van der Waals surface area contributed by atoms with Crippen LogP contribution in [0.2, 0.25) is 0 Å². The number of fused-ring (bicyclic) bond motifs is 1. The predicted octanol–water partition coefficient (Wildman–Crippen LogP) is 2.75. The number of aryl methyl sites for hydroxylation is 1. The Morgan fingerprint density at radius 3 is 2.59 bits per heavy atom. The first kappa shape index (κ1) is 17.0. The highest BCUT2D eigenvalue weighted by Gasteiger charge is 2.29. The molecule has 0 unspecified atom stereocenters. The molecule has 2 aromatic carbocycles. The second-order valence-electron chi connectivity index (χ2n) is 6.48. The molecule has 0 atom stereocenters. The third kappa shape index (κ3) is 2.99. The van der Waals surface area contributed by atoms with Gasteiger partial charge in [0.15, 0.2) is 11.4 Å². The Morgan fingerprint density at radius 1 is 1.11 bits per heavy atom. The van der Waals surface area contributed by atoms with Crippen molar-refractivity contribution in [1.82, 2.24) is 9.78 Å². The zero-order valence-corrected chi connectivity index (χ0v) is 15.2. The van der Waals surface area contributed by atoms with Crippen molar-refractivity contribution in [2.45, 2.75) is 13.3 Å². The van der Waals surface area contributed by atoms with E-state index in [2.05, 4.69) is 5.10 Å². The van der Waals surface area contributed by atoms with Gasteiger partial charge in [0.05, 0.1) is 18.9 Å². The van der Waals surface area contributed by atoms with Gasteiger partial charge >= 0.3 is 0 Å². The van der Waals surface area contributed by atoms with Gasteiger partial charge in [0.1, 0.15) is 0 Å². The van der Waals surface area contributed by atoms with Crippen molar-refractivity contribution in [2.24, 2.45) is 0 Å². The fraction of sp³-hybridized carbons (Fsp3) is 0.190. The van der Waals surface area contributed by atoms with Crippen molar-refractivity contribution in [3.05, 3.63) is 81.8 Å². The maximum Gasteiger partial charge on any atom is 0.282 e. The molecule has 0 radical (unpaired) electrons. The molecule has 0 spiro atoms. The Bertz CT molecular complexity index is 1070. The molecular formula is C21H19N3O3. The normalized spacial score (nSPS) is 12.7. The standard InChI is InChI=1S/C21H19N3O3/c1-14-7-9-16(10-8-14)24-19(25)13-18(27-2)20(22-24)21(26)23-12-11-15-5-3-4-6-17(15)23/h3-10,13H,11-12H2,1-2H3. The molecule has 1 aliphatic heterocycles. The summed E-state index contributed by atoms with van der Waals surface area (Å²) in [5.41, 5.74) is 3.44. The second-order valence-corrected chi connectivity index (χ2v) is 6.48. The minimum absolute atomic E-state index is 0.120. The number of rotatable bonds is 3. The van der Waals surface area contributed by atoms with E-state index in [1.54, 1.807) is 17.0 Å². The third-order valence-corrected chi connectivity index (χ3v) is 4.73. The van der Waals surface area contributed by atoms with E-state index in [4.69, 9.17) is 4.74 Å². The number of para-hydroxylation sites is 1. The summed E-state index contributed by atoms with van der Waals surface area (Å²) in [5, 5.41) is 4.35. The van der Waals surface area contributed by atoms with Crippen LogP contribution in [-0.2, 0) is 6.42 Å². The monoisotopic (exact) mass is 361 g/mol. The number of amides is 1. The first-order chi connectivity index (χ1) is 13.1. The molecule has 1 aromatic heterocycles. The Balaban J connectivity index is 1.80. The van der Waals surface area contributed by atoms with E-state index in [-0.39, 0.29) is 22.9 Å². The first-order valence-corrected chi connectivity index (χ1v) is 8.73. The van der Waals surface area contributed by atoms with E-state index in [1.807, 2.05) is 43.3 Å². The summed E-state index contributed by atoms with van der Waals surface area (Å²) < 4.78 is 6.51. The Labute approximate surface area is 156 Å². The van der Waals surface area contributed by atoms with Crippen molar-refractivity contribution >= 4 is 11.6 Å². The van der Waals surface area contributed by atoms with Gasteiger partial charge in [-0.2, -0.15) is 9.78 Å². The molecule has 0 fully saturated rings. The number of ether oxygens (including phenoxy) is 1. The lowest BCUT2D eigenvalue weighted by Gasteiger charge is -2.18. The maximum absolute atomic E-state index is 13.2. The summed E-state index contributed by atoms with van der Waals surface area (Å²) in [4.78, 5) is 27.4. The summed E-state index contributed by atoms with van der Waals surface area (Å²) in [5.74, 6) is -0.101. The van der Waals surface area contributed by atoms with E-state index in [0.29, 0.717) is 12.2 Å². The summed E-state index contributed by atoms with van der Waals surface area (Å²) in [6.07, 6.45) is 0.793. The third-order valence-electron chi connectivity index (χ3n) is 4.73. The van der Waals surface area contributed by atoms with Crippen molar-refractivity contribution < 1.29 is 9.53 Å². The van der Waals surface area contributed by atoms with Crippen LogP contribution in [-0.4, -0.2) is 29.3 Å². The number of hydrogen-bond acceptors (Lipinski definition) is 4. The van der Waals surface area contributed by atoms with Gasteiger partial charge in [-0.1, -0.05) is 35.9 Å². The molecule has 0 aliphatic carbocycles. The zero-order valence-electron chi connectivity index (χ0n) is 15.2. The number of hydrogen-bond donors (Lipinski definition) is 0. The summed E-state index contributed by atoms with van der Waals surface area (Å²) >= 11 is 0. The molecule has 1 aliphatic rings. The van der Waals surface area contributed by atoms with Crippen molar-refractivity contribution in [3.63, 3.8) is 0 Å². The highest BCUT2D eigenvalue weighted by Crippen LogP contribution is 2.30. The minimum atomic E-state index is -0.353. The largest absolute Gasteiger partial charge is 0.494 e. The number of carbonyl (C=O) groups is 1. The average Bonchev–Trinajstić information content (AvgIpc) is 3.12. The number of aromatic nitrogens is 2. The topological polar surface area (TPSA) is 64.4 Å². The fourth-order valence-corrected chi connectivity index (χ4v) is 3.29. The first-order valence-electron chi connectivity index (χ1n) is 8.73. The van der Waals surface area contributed by atoms with E-state index < -0.39 is 0 Å². The summed E-state index contributed by atoms with van der Waals surface area (Å²) in [7, 11) is 1.43. The number of carbonyl (C=O) groups excluding carboxylic acids is 1. The van der Waals surface area contributed by atoms with Crippen LogP contribution in [0, 0.1) is 6.92 Å². The average molecular weight is 361 g/mol. The summed E-state index contributed by atoms with van der Waals surface area (Å²) in [6, 6.07) is 16.5. The molecule has 136 valence electrons. The number of nitrogens with zero attached hydrogens (tertiary/aromatic N) is 3. The Hall–Kier alpha value is -3.41. The van der Waals surface area contributed by atoms with Crippen LogP contribution < -0.4 is 15.2 Å². The van der Waals surface area contributed by atoms with Crippen LogP contribution in [0.25, 0.3) is 5.69 Å². The highest BCUT2D eigenvalue weighted by atomic mass is 16.5. The van der Waals surface area contributed by atoms with Crippen LogP contribution in [0.15, 0.2) is 59.4 Å². The molecule has 0 saturated carbocycles. The van der Waals surface area contributed by atoms with Gasteiger partial charge in [0, 0.05) is 12.2 Å². The Morgan fingerprint density at radius 2 is 1.85 bits per heavy atom. The molecule has 6 heteroatoms. The lowest BCUT2D eigenvalue weighted by molar-refractivity contribution is 0.0979. The molecule has 0 saturated heterocycles. The lowest BCUT2D eigenvalue weighted by atomic mass is 10.2.